The highest BCUT2D eigenvalue weighted by atomic mass is 15.2. The number of nitrogens with zero attached hydrogens (tertiary/aromatic N) is 2. The number of anilines is 3. The van der Waals surface area contributed by atoms with Gasteiger partial charge in [-0.3, -0.25) is 0 Å². The Hall–Kier alpha value is -6.38. The van der Waals surface area contributed by atoms with Gasteiger partial charge in [-0.1, -0.05) is 188 Å². The molecule has 6 aromatic carbocycles. The van der Waals surface area contributed by atoms with Crippen molar-refractivity contribution >= 4 is 39.6 Å². The van der Waals surface area contributed by atoms with Crippen molar-refractivity contribution in [1.82, 2.24) is 0 Å². The van der Waals surface area contributed by atoms with Crippen LogP contribution in [0.2, 0.25) is 0 Å². The van der Waals surface area contributed by atoms with Crippen molar-refractivity contribution in [2.24, 2.45) is 10.8 Å². The minimum Gasteiger partial charge on any atom is -0.313 e. The van der Waals surface area contributed by atoms with Gasteiger partial charge in [0.25, 0.3) is 0 Å². The molecule has 2 aliphatic carbocycles. The summed E-state index contributed by atoms with van der Waals surface area (Å²) in [7, 11) is 0. The Balaban J connectivity index is 1.45. The van der Waals surface area contributed by atoms with Gasteiger partial charge < -0.3 is 9.80 Å². The van der Waals surface area contributed by atoms with Crippen molar-refractivity contribution in [1.29, 1.82) is 0 Å². The molecular weight excluding hydrogens is 821 g/mol. The molecule has 0 atom stereocenters. The molecule has 0 unspecified atom stereocenters. The fourth-order valence-corrected chi connectivity index (χ4v) is 10.3. The highest BCUT2D eigenvalue weighted by molar-refractivity contribution is 6.06. The summed E-state index contributed by atoms with van der Waals surface area (Å²) < 4.78 is 0. The van der Waals surface area contributed by atoms with E-state index in [1.807, 2.05) is 0 Å². The molecule has 2 nitrogen and oxygen atoms in total. The van der Waals surface area contributed by atoms with Crippen LogP contribution in [0.25, 0.3) is 44.8 Å². The Bertz CT molecular complexity index is 2970. The van der Waals surface area contributed by atoms with Crippen LogP contribution in [0, 0.1) is 24.7 Å². The van der Waals surface area contributed by atoms with Gasteiger partial charge in [0.1, 0.15) is 0 Å². The zero-order valence-electron chi connectivity index (χ0n) is 42.9. The van der Waals surface area contributed by atoms with Crippen molar-refractivity contribution in [3.05, 3.63) is 208 Å². The number of rotatable bonds is 14. The van der Waals surface area contributed by atoms with Gasteiger partial charge in [-0.05, 0) is 169 Å². The minimum absolute atomic E-state index is 0.0744. The maximum absolute atomic E-state index is 2.63. The van der Waals surface area contributed by atoms with Crippen molar-refractivity contribution in [3.63, 3.8) is 0 Å². The van der Waals surface area contributed by atoms with Crippen LogP contribution in [0.5, 0.6) is 0 Å². The Morgan fingerprint density at radius 3 is 1.91 bits per heavy atom. The molecule has 348 valence electrons. The van der Waals surface area contributed by atoms with E-state index >= 15 is 0 Å². The summed E-state index contributed by atoms with van der Waals surface area (Å²) in [6.07, 6.45) is 26.0. The summed E-state index contributed by atoms with van der Waals surface area (Å²) >= 11 is 0. The molecule has 68 heavy (non-hydrogen) atoms. The monoisotopic (exact) mass is 895 g/mol. The first-order chi connectivity index (χ1) is 32.7. The van der Waals surface area contributed by atoms with Crippen molar-refractivity contribution in [2.75, 3.05) is 9.80 Å². The molecule has 0 amide bonds. The highest BCUT2D eigenvalue weighted by Crippen LogP contribution is 2.49. The Morgan fingerprint density at radius 1 is 0.676 bits per heavy atom. The lowest BCUT2D eigenvalue weighted by Crippen LogP contribution is -2.23. The molecule has 0 aromatic heterocycles. The van der Waals surface area contributed by atoms with Crippen LogP contribution in [0.3, 0.4) is 0 Å². The third kappa shape index (κ3) is 10.4. The van der Waals surface area contributed by atoms with Crippen LogP contribution in [-0.4, -0.2) is 0 Å². The van der Waals surface area contributed by atoms with Crippen molar-refractivity contribution in [3.8, 4) is 22.3 Å². The van der Waals surface area contributed by atoms with E-state index in [4.69, 9.17) is 0 Å². The summed E-state index contributed by atoms with van der Waals surface area (Å²) in [5.41, 5.74) is 22.1. The van der Waals surface area contributed by atoms with Crippen LogP contribution < -0.4 is 9.80 Å². The maximum Gasteiger partial charge on any atom is 0.0540 e. The largest absolute Gasteiger partial charge is 0.313 e. The molecular formula is C66H74N2. The lowest BCUT2D eigenvalue weighted by molar-refractivity contribution is 0.381. The Labute approximate surface area is 409 Å². The topological polar surface area (TPSA) is 6.48 Å². The molecule has 0 bridgehead atoms. The molecule has 0 fully saturated rings. The highest BCUT2D eigenvalue weighted by Gasteiger charge is 2.30. The van der Waals surface area contributed by atoms with E-state index in [1.54, 1.807) is 0 Å². The standard InChI is InChI=1S/C66H74N2/c1-12-14-29-52(13-2)67(60-34-22-30-54(47(60)4)49-25-17-15-18-26-49)62(36-24-43-65(6,7)8)57-42-41-56-51(45-66(9,10)11)44-63(59-33-21-32-58(57)64(56)59)68(53-39-37-46(3)38-40-53)61-35-23-31-55(48(61)5)50-27-19-16-20-28-50/h13-23,25-31,33-37,39,41-42,44H,12,24,32,38,40,43,45H2,1-11H3/b29-14-,52-13+,62-36+. The Morgan fingerprint density at radius 2 is 1.32 bits per heavy atom. The maximum atomic E-state index is 2.63. The van der Waals surface area contributed by atoms with Crippen LogP contribution >= 0.6 is 0 Å². The molecule has 0 saturated heterocycles. The second-order valence-electron chi connectivity index (χ2n) is 21.5. The quantitative estimate of drug-likeness (QED) is 0.101. The van der Waals surface area contributed by atoms with Gasteiger partial charge in [-0.2, -0.15) is 0 Å². The lowest BCUT2D eigenvalue weighted by Gasteiger charge is -2.36. The van der Waals surface area contributed by atoms with Gasteiger partial charge in [-0.15, -0.1) is 0 Å². The summed E-state index contributed by atoms with van der Waals surface area (Å²) in [4.78, 5) is 5.22. The predicted octanol–water partition coefficient (Wildman–Crippen LogP) is 19.3. The van der Waals surface area contributed by atoms with Crippen LogP contribution in [-0.2, 0) is 12.8 Å². The van der Waals surface area contributed by atoms with Gasteiger partial charge >= 0.3 is 0 Å². The molecule has 0 saturated carbocycles. The average Bonchev–Trinajstić information content (AvgIpc) is 3.32. The number of hydrogen-bond acceptors (Lipinski definition) is 2. The zero-order chi connectivity index (χ0) is 48.2. The van der Waals surface area contributed by atoms with E-state index in [0.29, 0.717) is 0 Å². The molecule has 2 heteroatoms. The minimum atomic E-state index is 0.0744. The zero-order valence-corrected chi connectivity index (χ0v) is 42.9. The molecule has 0 spiro atoms. The van der Waals surface area contributed by atoms with E-state index in [9.17, 15) is 0 Å². The van der Waals surface area contributed by atoms with E-state index in [2.05, 4.69) is 250 Å². The molecule has 0 radical (unpaired) electrons. The molecule has 2 aliphatic rings. The molecule has 6 aromatic rings. The van der Waals surface area contributed by atoms with Gasteiger partial charge in [0.2, 0.25) is 0 Å². The lowest BCUT2D eigenvalue weighted by atomic mass is 9.80. The normalized spacial score (nSPS) is 14.4. The smallest absolute Gasteiger partial charge is 0.0540 e. The van der Waals surface area contributed by atoms with Crippen LogP contribution in [0.1, 0.15) is 128 Å². The third-order valence-corrected chi connectivity index (χ3v) is 13.8. The number of allylic oxidation sites excluding steroid dienone is 9. The number of hydrogen-bond donors (Lipinski definition) is 0. The van der Waals surface area contributed by atoms with Crippen LogP contribution in [0.4, 0.5) is 17.1 Å². The first-order valence-corrected chi connectivity index (χ1v) is 25.3. The fourth-order valence-electron chi connectivity index (χ4n) is 10.3. The second-order valence-corrected chi connectivity index (χ2v) is 21.5. The Kier molecular flexibility index (Phi) is 14.5. The van der Waals surface area contributed by atoms with E-state index in [0.717, 1.165) is 44.9 Å². The van der Waals surface area contributed by atoms with Crippen LogP contribution in [0.15, 0.2) is 175 Å². The van der Waals surface area contributed by atoms with E-state index in [-0.39, 0.29) is 10.8 Å². The first-order valence-electron chi connectivity index (χ1n) is 25.3. The summed E-state index contributed by atoms with van der Waals surface area (Å²) in [5, 5.41) is 2.75. The number of benzene rings is 6. The van der Waals surface area contributed by atoms with Crippen molar-refractivity contribution < 1.29 is 0 Å². The van der Waals surface area contributed by atoms with Gasteiger partial charge in [0, 0.05) is 39.6 Å². The van der Waals surface area contributed by atoms with E-state index < -0.39 is 0 Å². The predicted molar refractivity (Wildman–Crippen MR) is 299 cm³/mol. The average molecular weight is 895 g/mol. The molecule has 0 heterocycles. The van der Waals surface area contributed by atoms with Gasteiger partial charge in [0.15, 0.2) is 0 Å². The van der Waals surface area contributed by atoms with Gasteiger partial charge in [-0.25, -0.2) is 0 Å². The first kappa shape index (κ1) is 48.1. The fraction of sp³-hybridized carbons (Fsp3) is 0.303. The summed E-state index contributed by atoms with van der Waals surface area (Å²) in [6.45, 7) is 25.6. The molecule has 8 rings (SSSR count). The van der Waals surface area contributed by atoms with Gasteiger partial charge in [0.05, 0.1) is 5.69 Å². The summed E-state index contributed by atoms with van der Waals surface area (Å²) in [6, 6.07) is 43.0. The van der Waals surface area contributed by atoms with E-state index in [1.165, 1.54) is 106 Å². The molecule has 0 N–H and O–H groups in total. The van der Waals surface area contributed by atoms with Crippen molar-refractivity contribution in [2.45, 2.75) is 121 Å². The SMILES string of the molecule is C/C=C(\C=C/CC)N(/C(=C/CCC(C)(C)C)c1ccc2c(CC(C)(C)C)cc(N(C3=CC=C(C)CC3)c3cccc(-c4ccccc4)c3C)c3c2c1CC=C3)c1cccc(-c2ccccc2)c1C. The summed E-state index contributed by atoms with van der Waals surface area (Å²) in [5.74, 6) is 0. The molecule has 0 aliphatic heterocycles. The third-order valence-electron chi connectivity index (χ3n) is 13.8. The second kappa shape index (κ2) is 20.5.